The summed E-state index contributed by atoms with van der Waals surface area (Å²) in [7, 11) is -2.98. The smallest absolute Gasteiger partial charge is 0.161 e. The lowest BCUT2D eigenvalue weighted by molar-refractivity contribution is 0.493. The highest BCUT2D eigenvalue weighted by atomic mass is 32.2. The second-order valence-corrected chi connectivity index (χ2v) is 9.86. The Balaban J connectivity index is 1.80. The molecule has 0 aromatic carbocycles. The van der Waals surface area contributed by atoms with Gasteiger partial charge in [-0.3, -0.25) is 0 Å². The summed E-state index contributed by atoms with van der Waals surface area (Å²) < 4.78 is 25.8. The normalized spacial score (nSPS) is 23.3. The van der Waals surface area contributed by atoms with Crippen LogP contribution in [0.2, 0.25) is 0 Å². The number of pyridine rings is 1. The van der Waals surface area contributed by atoms with Crippen LogP contribution >= 0.6 is 11.8 Å². The maximum absolute atomic E-state index is 12.0. The summed E-state index contributed by atoms with van der Waals surface area (Å²) in [5, 5.41) is 5.69. The first kappa shape index (κ1) is 17.0. The molecule has 0 radical (unpaired) electrons. The van der Waals surface area contributed by atoms with E-state index >= 15 is 0 Å². The zero-order valence-corrected chi connectivity index (χ0v) is 15.9. The molecule has 4 rings (SSSR count). The standard InChI is InChI=1S/C17H22N4O2S2/c1-24-17-14(7-4-9-18-17)16-19-15(12-5-2-3-6-12)20-21(16)13-8-10-25(22,23)11-13/h4,7,9,12-13H,2-3,5-6,8,10-11H2,1H3/t13-/m0/s1. The average molecular weight is 379 g/mol. The predicted molar refractivity (Wildman–Crippen MR) is 98.6 cm³/mol. The zero-order valence-electron chi connectivity index (χ0n) is 14.3. The molecular formula is C17H22N4O2S2. The van der Waals surface area contributed by atoms with E-state index in [0.717, 1.165) is 35.1 Å². The van der Waals surface area contributed by atoms with Crippen LogP contribution in [0.25, 0.3) is 11.4 Å². The minimum atomic E-state index is -2.98. The lowest BCUT2D eigenvalue weighted by Crippen LogP contribution is -2.14. The van der Waals surface area contributed by atoms with Gasteiger partial charge in [0.15, 0.2) is 21.5 Å². The maximum atomic E-state index is 12.0. The van der Waals surface area contributed by atoms with E-state index in [-0.39, 0.29) is 17.5 Å². The van der Waals surface area contributed by atoms with Crippen LogP contribution in [-0.2, 0) is 9.84 Å². The molecule has 1 aliphatic carbocycles. The van der Waals surface area contributed by atoms with Crippen LogP contribution in [0, 0.1) is 0 Å². The van der Waals surface area contributed by atoms with Crippen molar-refractivity contribution >= 4 is 21.6 Å². The fourth-order valence-corrected chi connectivity index (χ4v) is 6.06. The molecular weight excluding hydrogens is 356 g/mol. The Kier molecular flexibility index (Phi) is 4.58. The molecule has 2 aromatic heterocycles. The molecule has 1 atom stereocenters. The summed E-state index contributed by atoms with van der Waals surface area (Å²) in [5.41, 5.74) is 0.941. The Morgan fingerprint density at radius 1 is 1.24 bits per heavy atom. The SMILES string of the molecule is CSc1ncccc1-c1nc(C2CCCC2)nn1[C@H]1CCS(=O)(=O)C1. The summed E-state index contributed by atoms with van der Waals surface area (Å²) in [6.07, 6.45) is 9.05. The molecule has 1 aliphatic heterocycles. The van der Waals surface area contributed by atoms with Crippen LogP contribution in [-0.4, -0.2) is 45.9 Å². The fraction of sp³-hybridized carbons (Fsp3) is 0.588. The predicted octanol–water partition coefficient (Wildman–Crippen LogP) is 3.08. The van der Waals surface area contributed by atoms with Crippen LogP contribution in [0.5, 0.6) is 0 Å². The number of rotatable bonds is 4. The largest absolute Gasteiger partial charge is 0.249 e. The lowest BCUT2D eigenvalue weighted by atomic mass is 10.1. The van der Waals surface area contributed by atoms with E-state index in [9.17, 15) is 8.42 Å². The molecule has 6 nitrogen and oxygen atoms in total. The van der Waals surface area contributed by atoms with Gasteiger partial charge in [0, 0.05) is 12.1 Å². The molecule has 1 saturated carbocycles. The molecule has 0 unspecified atom stereocenters. The highest BCUT2D eigenvalue weighted by Crippen LogP contribution is 2.37. The molecule has 2 aromatic rings. The van der Waals surface area contributed by atoms with Crippen LogP contribution in [0.1, 0.15) is 49.9 Å². The number of hydrogen-bond donors (Lipinski definition) is 0. The van der Waals surface area contributed by atoms with Crippen molar-refractivity contribution in [1.29, 1.82) is 0 Å². The molecule has 134 valence electrons. The second kappa shape index (κ2) is 6.72. The van der Waals surface area contributed by atoms with E-state index in [1.807, 2.05) is 23.1 Å². The molecule has 0 spiro atoms. The fourth-order valence-electron chi connectivity index (χ4n) is 3.83. The zero-order chi connectivity index (χ0) is 17.4. The molecule has 8 heteroatoms. The van der Waals surface area contributed by atoms with Gasteiger partial charge >= 0.3 is 0 Å². The molecule has 0 amide bonds. The first-order valence-corrected chi connectivity index (χ1v) is 11.8. The number of nitrogens with zero attached hydrogens (tertiary/aromatic N) is 4. The molecule has 2 aliphatic rings. The number of hydrogen-bond acceptors (Lipinski definition) is 6. The van der Waals surface area contributed by atoms with Crippen molar-refractivity contribution in [3.8, 4) is 11.4 Å². The Morgan fingerprint density at radius 2 is 2.04 bits per heavy atom. The summed E-state index contributed by atoms with van der Waals surface area (Å²) >= 11 is 1.57. The quantitative estimate of drug-likeness (QED) is 0.761. The first-order valence-electron chi connectivity index (χ1n) is 8.73. The lowest BCUT2D eigenvalue weighted by Gasteiger charge is -2.13. The van der Waals surface area contributed by atoms with Crippen LogP contribution < -0.4 is 0 Å². The first-order chi connectivity index (χ1) is 12.1. The Labute approximate surface area is 152 Å². The summed E-state index contributed by atoms with van der Waals surface area (Å²) in [6, 6.07) is 3.77. The van der Waals surface area contributed by atoms with Crippen molar-refractivity contribution in [1.82, 2.24) is 19.7 Å². The Morgan fingerprint density at radius 3 is 2.72 bits per heavy atom. The van der Waals surface area contributed by atoms with E-state index in [1.54, 1.807) is 18.0 Å². The van der Waals surface area contributed by atoms with Crippen LogP contribution in [0.3, 0.4) is 0 Å². The maximum Gasteiger partial charge on any atom is 0.161 e. The van der Waals surface area contributed by atoms with Gasteiger partial charge in [-0.1, -0.05) is 12.8 Å². The summed E-state index contributed by atoms with van der Waals surface area (Å²) in [6.45, 7) is 0. The van der Waals surface area contributed by atoms with Crippen molar-refractivity contribution in [3.05, 3.63) is 24.2 Å². The van der Waals surface area contributed by atoms with Gasteiger partial charge in [-0.15, -0.1) is 11.8 Å². The number of aromatic nitrogens is 4. The third-order valence-electron chi connectivity index (χ3n) is 5.13. The van der Waals surface area contributed by atoms with Gasteiger partial charge in [-0.2, -0.15) is 5.10 Å². The van der Waals surface area contributed by atoms with Crippen molar-refractivity contribution in [3.63, 3.8) is 0 Å². The third kappa shape index (κ3) is 3.33. The van der Waals surface area contributed by atoms with Gasteiger partial charge in [0.05, 0.1) is 23.1 Å². The van der Waals surface area contributed by atoms with Gasteiger partial charge < -0.3 is 0 Å². The average Bonchev–Trinajstić information content (AvgIpc) is 3.33. The molecule has 0 bridgehead atoms. The van der Waals surface area contributed by atoms with E-state index < -0.39 is 9.84 Å². The van der Waals surface area contributed by atoms with E-state index in [4.69, 9.17) is 10.1 Å². The minimum absolute atomic E-state index is 0.127. The minimum Gasteiger partial charge on any atom is -0.249 e. The molecule has 2 fully saturated rings. The third-order valence-corrected chi connectivity index (χ3v) is 7.59. The summed E-state index contributed by atoms with van der Waals surface area (Å²) in [4.78, 5) is 9.31. The van der Waals surface area contributed by atoms with Gasteiger partial charge in [-0.25, -0.2) is 23.1 Å². The monoisotopic (exact) mass is 378 g/mol. The van der Waals surface area contributed by atoms with Crippen molar-refractivity contribution in [2.45, 2.75) is 49.1 Å². The Bertz CT molecular complexity index is 873. The number of thioether (sulfide) groups is 1. The topological polar surface area (TPSA) is 77.7 Å². The van der Waals surface area contributed by atoms with Gasteiger partial charge in [0.25, 0.3) is 0 Å². The molecule has 0 N–H and O–H groups in total. The Hall–Kier alpha value is -1.41. The van der Waals surface area contributed by atoms with Gasteiger partial charge in [-0.05, 0) is 37.7 Å². The molecule has 25 heavy (non-hydrogen) atoms. The van der Waals surface area contributed by atoms with E-state index in [2.05, 4.69) is 4.98 Å². The molecule has 1 saturated heterocycles. The summed E-state index contributed by atoms with van der Waals surface area (Å²) in [5.74, 6) is 2.42. The van der Waals surface area contributed by atoms with Crippen LogP contribution in [0.4, 0.5) is 0 Å². The van der Waals surface area contributed by atoms with Gasteiger partial charge in [0.2, 0.25) is 0 Å². The van der Waals surface area contributed by atoms with Crippen LogP contribution in [0.15, 0.2) is 23.4 Å². The van der Waals surface area contributed by atoms with Gasteiger partial charge in [0.1, 0.15) is 5.03 Å². The van der Waals surface area contributed by atoms with Crippen molar-refractivity contribution in [2.75, 3.05) is 17.8 Å². The molecule has 3 heterocycles. The van der Waals surface area contributed by atoms with E-state index in [0.29, 0.717) is 12.3 Å². The highest BCUT2D eigenvalue weighted by molar-refractivity contribution is 7.98. The number of sulfone groups is 1. The second-order valence-electron chi connectivity index (χ2n) is 6.84. The highest BCUT2D eigenvalue weighted by Gasteiger charge is 2.33. The van der Waals surface area contributed by atoms with Crippen molar-refractivity contribution in [2.24, 2.45) is 0 Å². The van der Waals surface area contributed by atoms with Crippen molar-refractivity contribution < 1.29 is 8.42 Å². The van der Waals surface area contributed by atoms with E-state index in [1.165, 1.54) is 12.8 Å².